The van der Waals surface area contributed by atoms with Gasteiger partial charge in [-0.2, -0.15) is 0 Å². The van der Waals surface area contributed by atoms with Crippen molar-refractivity contribution < 1.29 is 9.84 Å². The predicted octanol–water partition coefficient (Wildman–Crippen LogP) is 4.42. The number of aromatic nitrogens is 1. The van der Waals surface area contributed by atoms with E-state index in [1.807, 2.05) is 6.20 Å². The van der Waals surface area contributed by atoms with Crippen LogP contribution in [0.4, 0.5) is 0 Å². The molecule has 2 aromatic rings. The van der Waals surface area contributed by atoms with Crippen LogP contribution in [0.15, 0.2) is 30.5 Å². The first-order valence-electron chi connectivity index (χ1n) is 8.39. The van der Waals surface area contributed by atoms with Crippen molar-refractivity contribution in [2.75, 3.05) is 7.11 Å². The van der Waals surface area contributed by atoms with Gasteiger partial charge in [0, 0.05) is 18.7 Å². The van der Waals surface area contributed by atoms with Gasteiger partial charge in [0.05, 0.1) is 12.1 Å². The van der Waals surface area contributed by atoms with Gasteiger partial charge >= 0.3 is 0 Å². The summed E-state index contributed by atoms with van der Waals surface area (Å²) in [5, 5.41) is 13.0. The number of fused-ring (bicyclic) bond motifs is 1. The molecule has 0 bridgehead atoms. The lowest BCUT2D eigenvalue weighted by molar-refractivity contribution is -0.0250. The molecule has 1 aliphatic carbocycles. The molecule has 3 nitrogen and oxygen atoms in total. The van der Waals surface area contributed by atoms with Crippen molar-refractivity contribution in [3.8, 4) is 0 Å². The van der Waals surface area contributed by atoms with Gasteiger partial charge in [0.15, 0.2) is 0 Å². The maximum absolute atomic E-state index is 10.7. The van der Waals surface area contributed by atoms with Crippen LogP contribution < -0.4 is 0 Å². The molecule has 1 heterocycles. The molecule has 1 aromatic carbocycles. The van der Waals surface area contributed by atoms with Gasteiger partial charge in [-0.1, -0.05) is 49.3 Å². The summed E-state index contributed by atoms with van der Waals surface area (Å²) in [6.07, 6.45) is 4.51. The summed E-state index contributed by atoms with van der Waals surface area (Å²) in [5.41, 5.74) is 1.23. The van der Waals surface area contributed by atoms with Gasteiger partial charge in [0.25, 0.3) is 0 Å². The normalized spacial score (nSPS) is 27.7. The molecular weight excluding hydrogens is 306 g/mol. The fourth-order valence-electron chi connectivity index (χ4n) is 3.99. The van der Waals surface area contributed by atoms with Gasteiger partial charge in [-0.25, -0.2) is 0 Å². The molecule has 0 amide bonds. The Hall–Kier alpha value is -1.23. The standard InChI is InChI=1S/C19H25NO2S/c1-4-5-14-11-16(17(21)18(14)22-3)20-9-8-13-10-12(2)6-7-15(13)19(20)23/h6-10,14,16-18,21H,4-5,11H2,1-3H3. The van der Waals surface area contributed by atoms with Crippen molar-refractivity contribution in [1.82, 2.24) is 4.57 Å². The van der Waals surface area contributed by atoms with Crippen LogP contribution >= 0.6 is 12.2 Å². The van der Waals surface area contributed by atoms with Crippen molar-refractivity contribution in [3.05, 3.63) is 40.7 Å². The molecule has 1 aromatic heterocycles. The average Bonchev–Trinajstić information content (AvgIpc) is 2.83. The van der Waals surface area contributed by atoms with E-state index in [2.05, 4.69) is 42.7 Å². The van der Waals surface area contributed by atoms with Crippen LogP contribution in [0.2, 0.25) is 0 Å². The van der Waals surface area contributed by atoms with Crippen molar-refractivity contribution in [2.24, 2.45) is 5.92 Å². The fourth-order valence-corrected chi connectivity index (χ4v) is 4.37. The molecule has 0 radical (unpaired) electrons. The molecule has 1 aliphatic rings. The van der Waals surface area contributed by atoms with E-state index in [9.17, 15) is 5.11 Å². The number of benzene rings is 1. The third-order valence-corrected chi connectivity index (χ3v) is 5.55. The highest BCUT2D eigenvalue weighted by atomic mass is 32.1. The number of hydrogen-bond acceptors (Lipinski definition) is 3. The molecule has 4 unspecified atom stereocenters. The first-order valence-corrected chi connectivity index (χ1v) is 8.80. The second-order valence-corrected chi connectivity index (χ2v) is 7.05. The van der Waals surface area contributed by atoms with Gasteiger partial charge in [0.1, 0.15) is 10.7 Å². The Morgan fingerprint density at radius 1 is 1.35 bits per heavy atom. The Morgan fingerprint density at radius 2 is 2.13 bits per heavy atom. The van der Waals surface area contributed by atoms with E-state index in [1.165, 1.54) is 5.56 Å². The second kappa shape index (κ2) is 6.71. The summed E-state index contributed by atoms with van der Waals surface area (Å²) in [7, 11) is 1.70. The highest BCUT2D eigenvalue weighted by Gasteiger charge is 2.43. The summed E-state index contributed by atoms with van der Waals surface area (Å²) in [6, 6.07) is 8.42. The van der Waals surface area contributed by atoms with Crippen LogP contribution in [0, 0.1) is 17.5 Å². The van der Waals surface area contributed by atoms with Crippen LogP contribution in [0.3, 0.4) is 0 Å². The van der Waals surface area contributed by atoms with Crippen LogP contribution in [-0.4, -0.2) is 29.0 Å². The molecule has 0 aliphatic heterocycles. The zero-order valence-corrected chi connectivity index (χ0v) is 14.8. The molecular formula is C19H25NO2S. The van der Waals surface area contributed by atoms with Gasteiger partial charge < -0.3 is 14.4 Å². The Bertz CT molecular complexity index is 755. The summed E-state index contributed by atoms with van der Waals surface area (Å²) < 4.78 is 8.46. The monoisotopic (exact) mass is 331 g/mol. The summed E-state index contributed by atoms with van der Waals surface area (Å²) in [4.78, 5) is 0. The average molecular weight is 331 g/mol. The minimum absolute atomic E-state index is 0.00490. The minimum Gasteiger partial charge on any atom is -0.388 e. The topological polar surface area (TPSA) is 34.4 Å². The van der Waals surface area contributed by atoms with Gasteiger partial charge in [0.2, 0.25) is 0 Å². The molecule has 1 fully saturated rings. The summed E-state index contributed by atoms with van der Waals surface area (Å²) >= 11 is 5.72. The molecule has 0 spiro atoms. The van der Waals surface area contributed by atoms with E-state index >= 15 is 0 Å². The lowest BCUT2D eigenvalue weighted by Gasteiger charge is -2.22. The number of ether oxygens (including phenoxy) is 1. The number of nitrogens with zero attached hydrogens (tertiary/aromatic N) is 1. The van der Waals surface area contributed by atoms with Crippen LogP contribution in [0.5, 0.6) is 0 Å². The van der Waals surface area contributed by atoms with E-state index in [1.54, 1.807) is 7.11 Å². The summed E-state index contributed by atoms with van der Waals surface area (Å²) in [5.74, 6) is 0.389. The van der Waals surface area contributed by atoms with E-state index < -0.39 is 6.10 Å². The van der Waals surface area contributed by atoms with Crippen LogP contribution in [0.25, 0.3) is 10.8 Å². The molecule has 3 rings (SSSR count). The van der Waals surface area contributed by atoms with E-state index in [0.29, 0.717) is 5.92 Å². The zero-order chi connectivity index (χ0) is 16.6. The summed E-state index contributed by atoms with van der Waals surface area (Å²) in [6.45, 7) is 4.26. The Balaban J connectivity index is 2.01. The van der Waals surface area contributed by atoms with Gasteiger partial charge in [-0.3, -0.25) is 0 Å². The molecule has 0 saturated heterocycles. The van der Waals surface area contributed by atoms with Crippen molar-refractivity contribution in [3.63, 3.8) is 0 Å². The van der Waals surface area contributed by atoms with Gasteiger partial charge in [-0.05, 0) is 37.1 Å². The zero-order valence-electron chi connectivity index (χ0n) is 14.0. The lowest BCUT2D eigenvalue weighted by atomic mass is 9.99. The minimum atomic E-state index is -0.508. The lowest BCUT2D eigenvalue weighted by Crippen LogP contribution is -2.31. The van der Waals surface area contributed by atoms with Crippen molar-refractivity contribution in [2.45, 2.75) is 51.4 Å². The highest BCUT2D eigenvalue weighted by molar-refractivity contribution is 7.71. The fraction of sp³-hybridized carbons (Fsp3) is 0.526. The Labute approximate surface area is 142 Å². The smallest absolute Gasteiger partial charge is 0.114 e. The van der Waals surface area contributed by atoms with E-state index in [-0.39, 0.29) is 12.1 Å². The number of hydrogen-bond donors (Lipinski definition) is 1. The van der Waals surface area contributed by atoms with E-state index in [0.717, 1.165) is 34.7 Å². The van der Waals surface area contributed by atoms with E-state index in [4.69, 9.17) is 17.0 Å². The maximum atomic E-state index is 10.7. The molecule has 124 valence electrons. The number of aliphatic hydroxyl groups excluding tert-OH is 1. The molecule has 4 atom stereocenters. The molecule has 4 heteroatoms. The second-order valence-electron chi connectivity index (χ2n) is 6.66. The maximum Gasteiger partial charge on any atom is 0.114 e. The highest BCUT2D eigenvalue weighted by Crippen LogP contribution is 2.40. The molecule has 23 heavy (non-hydrogen) atoms. The number of aryl methyl sites for hydroxylation is 1. The third kappa shape index (κ3) is 2.95. The predicted molar refractivity (Wildman–Crippen MR) is 96.4 cm³/mol. The molecule has 1 saturated carbocycles. The Morgan fingerprint density at radius 3 is 2.83 bits per heavy atom. The number of aliphatic hydroxyl groups is 1. The largest absolute Gasteiger partial charge is 0.388 e. The first-order chi connectivity index (χ1) is 11.1. The molecule has 1 N–H and O–H groups in total. The van der Waals surface area contributed by atoms with Crippen LogP contribution in [0.1, 0.15) is 37.8 Å². The Kier molecular flexibility index (Phi) is 4.85. The first kappa shape index (κ1) is 16.6. The van der Waals surface area contributed by atoms with Crippen LogP contribution in [-0.2, 0) is 4.74 Å². The van der Waals surface area contributed by atoms with Crippen molar-refractivity contribution in [1.29, 1.82) is 0 Å². The van der Waals surface area contributed by atoms with Gasteiger partial charge in [-0.15, -0.1) is 0 Å². The van der Waals surface area contributed by atoms with Crippen molar-refractivity contribution >= 4 is 23.0 Å². The third-order valence-electron chi connectivity index (χ3n) is 5.12. The SMILES string of the molecule is CCCC1CC(n2ccc3cc(C)ccc3c2=S)C(O)C1OC. The quantitative estimate of drug-likeness (QED) is 0.842. The number of rotatable bonds is 4. The number of pyridine rings is 1. The number of methoxy groups -OCH3 is 1.